The molecule has 0 atom stereocenters. The Bertz CT molecular complexity index is 1260. The molecule has 1 amide bonds. The molecule has 168 valence electrons. The number of amides is 1. The molecule has 0 fully saturated rings. The van der Waals surface area contributed by atoms with Gasteiger partial charge in [0.05, 0.1) is 17.9 Å². The van der Waals surface area contributed by atoms with E-state index in [4.69, 9.17) is 0 Å². The maximum Gasteiger partial charge on any atom is 0.248 e. The van der Waals surface area contributed by atoms with E-state index in [1.165, 1.54) is 31.8 Å². The molecule has 32 heavy (non-hydrogen) atoms. The van der Waals surface area contributed by atoms with Crippen molar-refractivity contribution in [2.75, 3.05) is 19.4 Å². The van der Waals surface area contributed by atoms with E-state index < -0.39 is 15.9 Å². The van der Waals surface area contributed by atoms with Gasteiger partial charge in [-0.1, -0.05) is 42.0 Å². The maximum absolute atomic E-state index is 12.6. The summed E-state index contributed by atoms with van der Waals surface area (Å²) in [5, 5.41) is 7.28. The topological polar surface area (TPSA) is 84.3 Å². The molecule has 3 rings (SSSR count). The van der Waals surface area contributed by atoms with Crippen LogP contribution in [0.15, 0.2) is 59.5 Å². The summed E-state index contributed by atoms with van der Waals surface area (Å²) >= 11 is 0. The van der Waals surface area contributed by atoms with E-state index >= 15 is 0 Å². The van der Waals surface area contributed by atoms with Gasteiger partial charge in [0.25, 0.3) is 0 Å². The first-order valence-electron chi connectivity index (χ1n) is 10.2. The van der Waals surface area contributed by atoms with E-state index in [9.17, 15) is 13.2 Å². The first-order chi connectivity index (χ1) is 15.1. The fourth-order valence-corrected chi connectivity index (χ4v) is 4.34. The molecule has 0 aliphatic carbocycles. The lowest BCUT2D eigenvalue weighted by Gasteiger charge is -2.15. The summed E-state index contributed by atoms with van der Waals surface area (Å²) in [5.74, 6) is -0.420. The van der Waals surface area contributed by atoms with Crippen LogP contribution in [0.5, 0.6) is 0 Å². The monoisotopic (exact) mass is 452 g/mol. The van der Waals surface area contributed by atoms with Gasteiger partial charge in [0, 0.05) is 31.4 Å². The van der Waals surface area contributed by atoms with Gasteiger partial charge in [-0.05, 0) is 44.5 Å². The number of anilines is 1. The Labute approximate surface area is 189 Å². The van der Waals surface area contributed by atoms with Crippen molar-refractivity contribution in [1.29, 1.82) is 0 Å². The summed E-state index contributed by atoms with van der Waals surface area (Å²) in [6.07, 6.45) is 3.11. The van der Waals surface area contributed by atoms with E-state index in [1.807, 2.05) is 18.5 Å². The van der Waals surface area contributed by atoms with Crippen LogP contribution >= 0.6 is 0 Å². The van der Waals surface area contributed by atoms with Gasteiger partial charge in [0.15, 0.2) is 0 Å². The summed E-state index contributed by atoms with van der Waals surface area (Å²) in [6, 6.07) is 14.6. The maximum atomic E-state index is 12.6. The molecular weight excluding hydrogens is 424 g/mol. The molecule has 7 nitrogen and oxygen atoms in total. The Morgan fingerprint density at radius 3 is 2.38 bits per heavy atom. The minimum absolute atomic E-state index is 0.0463. The Kier molecular flexibility index (Phi) is 6.96. The van der Waals surface area contributed by atoms with Crippen LogP contribution in [0.1, 0.15) is 28.1 Å². The summed E-state index contributed by atoms with van der Waals surface area (Å²) in [5.41, 5.74) is 5.21. The average molecular weight is 453 g/mol. The number of carbonyl (C=O) groups excluding carboxylic acids is 1. The van der Waals surface area contributed by atoms with Crippen LogP contribution in [0.4, 0.5) is 5.69 Å². The van der Waals surface area contributed by atoms with E-state index in [1.54, 1.807) is 24.3 Å². The predicted molar refractivity (Wildman–Crippen MR) is 127 cm³/mol. The van der Waals surface area contributed by atoms with Gasteiger partial charge >= 0.3 is 0 Å². The molecule has 0 saturated heterocycles. The van der Waals surface area contributed by atoms with Crippen LogP contribution in [0.2, 0.25) is 0 Å². The molecule has 1 heterocycles. The number of rotatable bonds is 7. The van der Waals surface area contributed by atoms with E-state index in [2.05, 4.69) is 41.6 Å². The Hall–Kier alpha value is -3.23. The predicted octanol–water partition coefficient (Wildman–Crippen LogP) is 3.76. The van der Waals surface area contributed by atoms with Crippen molar-refractivity contribution in [3.8, 4) is 0 Å². The van der Waals surface area contributed by atoms with E-state index in [-0.39, 0.29) is 10.6 Å². The number of carbonyl (C=O) groups is 1. The number of nitrogens with one attached hydrogen (secondary N) is 1. The highest BCUT2D eigenvalue weighted by molar-refractivity contribution is 7.89. The average Bonchev–Trinajstić information content (AvgIpc) is 3.01. The molecule has 1 aromatic heterocycles. The van der Waals surface area contributed by atoms with Gasteiger partial charge in [-0.25, -0.2) is 12.7 Å². The minimum Gasteiger partial charge on any atom is -0.321 e. The van der Waals surface area contributed by atoms with Gasteiger partial charge in [0.1, 0.15) is 4.90 Å². The Balaban J connectivity index is 1.79. The molecule has 1 N–H and O–H groups in total. The largest absolute Gasteiger partial charge is 0.321 e. The molecule has 0 bridgehead atoms. The van der Waals surface area contributed by atoms with Crippen molar-refractivity contribution >= 4 is 27.7 Å². The number of aromatic nitrogens is 2. The molecule has 8 heteroatoms. The van der Waals surface area contributed by atoms with Gasteiger partial charge < -0.3 is 5.32 Å². The minimum atomic E-state index is -3.68. The molecule has 0 aliphatic heterocycles. The zero-order valence-electron chi connectivity index (χ0n) is 19.0. The van der Waals surface area contributed by atoms with Crippen LogP contribution in [0.3, 0.4) is 0 Å². The van der Waals surface area contributed by atoms with Crippen LogP contribution in [0.25, 0.3) is 6.08 Å². The fourth-order valence-electron chi connectivity index (χ4n) is 3.30. The smallest absolute Gasteiger partial charge is 0.248 e. The van der Waals surface area contributed by atoms with Crippen LogP contribution in [-0.4, -0.2) is 42.5 Å². The van der Waals surface area contributed by atoms with Crippen molar-refractivity contribution in [2.24, 2.45) is 0 Å². The van der Waals surface area contributed by atoms with Crippen molar-refractivity contribution in [2.45, 2.75) is 32.2 Å². The molecular formula is C24H28N4O3S. The second-order valence-electron chi connectivity index (χ2n) is 7.83. The van der Waals surface area contributed by atoms with Crippen molar-refractivity contribution in [3.05, 3.63) is 82.7 Å². The zero-order valence-corrected chi connectivity index (χ0v) is 19.8. The second kappa shape index (κ2) is 9.50. The van der Waals surface area contributed by atoms with Crippen LogP contribution in [0, 0.1) is 20.8 Å². The SMILES string of the molecule is Cc1ccc(Cn2nc(C)c(/C=C/C(=O)Nc3ccccc3S(=O)(=O)N(C)C)c2C)cc1. The summed E-state index contributed by atoms with van der Waals surface area (Å²) in [4.78, 5) is 12.6. The van der Waals surface area contributed by atoms with Gasteiger partial charge in [-0.2, -0.15) is 5.10 Å². The summed E-state index contributed by atoms with van der Waals surface area (Å²) in [7, 11) is -0.778. The number of nitrogens with zero attached hydrogens (tertiary/aromatic N) is 3. The number of hydrogen-bond acceptors (Lipinski definition) is 4. The van der Waals surface area contributed by atoms with Crippen molar-refractivity contribution in [3.63, 3.8) is 0 Å². The molecule has 0 spiro atoms. The molecule has 3 aromatic rings. The third-order valence-corrected chi connectivity index (χ3v) is 7.07. The van der Waals surface area contributed by atoms with Gasteiger partial charge in [-0.15, -0.1) is 0 Å². The van der Waals surface area contributed by atoms with Crippen LogP contribution < -0.4 is 5.32 Å². The van der Waals surface area contributed by atoms with Crippen molar-refractivity contribution < 1.29 is 13.2 Å². The Morgan fingerprint density at radius 2 is 1.72 bits per heavy atom. The summed E-state index contributed by atoms with van der Waals surface area (Å²) in [6.45, 7) is 6.55. The number of para-hydroxylation sites is 1. The normalized spacial score (nSPS) is 11.9. The van der Waals surface area contributed by atoms with Crippen molar-refractivity contribution in [1.82, 2.24) is 14.1 Å². The molecule has 2 aromatic carbocycles. The van der Waals surface area contributed by atoms with E-state index in [0.717, 1.165) is 26.8 Å². The molecule has 0 aliphatic rings. The highest BCUT2D eigenvalue weighted by atomic mass is 32.2. The highest BCUT2D eigenvalue weighted by Gasteiger charge is 2.21. The zero-order chi connectivity index (χ0) is 23.5. The number of hydrogen-bond donors (Lipinski definition) is 1. The number of sulfonamides is 1. The standard InChI is InChI=1S/C24H28N4O3S/c1-17-10-12-20(13-11-17)16-28-19(3)21(18(2)26-28)14-15-24(29)25-22-8-6-7-9-23(22)32(30,31)27(4)5/h6-15H,16H2,1-5H3,(H,25,29)/b15-14+. The quantitative estimate of drug-likeness (QED) is 0.553. The lowest BCUT2D eigenvalue weighted by atomic mass is 10.1. The second-order valence-corrected chi connectivity index (χ2v) is 9.95. The Morgan fingerprint density at radius 1 is 1.06 bits per heavy atom. The third-order valence-electron chi connectivity index (χ3n) is 5.20. The van der Waals surface area contributed by atoms with Crippen LogP contribution in [-0.2, 0) is 21.4 Å². The highest BCUT2D eigenvalue weighted by Crippen LogP contribution is 2.23. The lowest BCUT2D eigenvalue weighted by Crippen LogP contribution is -2.24. The first kappa shape index (κ1) is 23.4. The number of aryl methyl sites for hydroxylation is 2. The van der Waals surface area contributed by atoms with E-state index in [0.29, 0.717) is 6.54 Å². The van der Waals surface area contributed by atoms with Gasteiger partial charge in [0.2, 0.25) is 15.9 Å². The molecule has 0 unspecified atom stereocenters. The third kappa shape index (κ3) is 5.15. The first-order valence-corrected chi connectivity index (χ1v) is 11.6. The lowest BCUT2D eigenvalue weighted by molar-refractivity contribution is -0.111. The fraction of sp³-hybridized carbons (Fsp3) is 0.250. The molecule has 0 saturated carbocycles. The van der Waals surface area contributed by atoms with Gasteiger partial charge in [-0.3, -0.25) is 9.48 Å². The molecule has 0 radical (unpaired) electrons. The number of benzene rings is 2. The summed E-state index contributed by atoms with van der Waals surface area (Å²) < 4.78 is 28.1.